The molecule has 0 spiro atoms. The van der Waals surface area contributed by atoms with E-state index in [9.17, 15) is 9.59 Å². The van der Waals surface area contributed by atoms with Crippen molar-refractivity contribution < 1.29 is 14.3 Å². The molecule has 1 N–H and O–H groups in total. The monoisotopic (exact) mass is 353 g/mol. The molecule has 4 heteroatoms. The number of rotatable bonds is 4. The van der Waals surface area contributed by atoms with Crippen LogP contribution in [0.15, 0.2) is 24.3 Å². The number of amides is 1. The summed E-state index contributed by atoms with van der Waals surface area (Å²) in [5, 5.41) is 3.04. The fourth-order valence-electron chi connectivity index (χ4n) is 5.77. The SMILES string of the molecule is O=C(Nc1cccc(OC(=O)C2C3CCCCC32)c1)C1C2CCCCC21. The summed E-state index contributed by atoms with van der Waals surface area (Å²) < 4.78 is 5.63. The van der Waals surface area contributed by atoms with Crippen molar-refractivity contribution >= 4 is 17.6 Å². The lowest BCUT2D eigenvalue weighted by Gasteiger charge is -2.08. The molecule has 4 nitrogen and oxygen atoms in total. The molecule has 0 heterocycles. The number of fused-ring (bicyclic) bond motifs is 2. The van der Waals surface area contributed by atoms with Gasteiger partial charge in [0.25, 0.3) is 0 Å². The lowest BCUT2D eigenvalue weighted by atomic mass is 10.0. The van der Waals surface area contributed by atoms with Crippen molar-refractivity contribution in [1.82, 2.24) is 0 Å². The summed E-state index contributed by atoms with van der Waals surface area (Å²) in [6.45, 7) is 0. The average molecular weight is 353 g/mol. The summed E-state index contributed by atoms with van der Waals surface area (Å²) in [6.07, 6.45) is 9.76. The molecule has 26 heavy (non-hydrogen) atoms. The Bertz CT molecular complexity index is 649. The number of hydrogen-bond donors (Lipinski definition) is 1. The predicted molar refractivity (Wildman–Crippen MR) is 98.6 cm³/mol. The summed E-state index contributed by atoms with van der Waals surface area (Å²) in [5.41, 5.74) is 0.733. The molecule has 0 aliphatic heterocycles. The van der Waals surface area contributed by atoms with Crippen LogP contribution < -0.4 is 10.1 Å². The number of ether oxygens (including phenoxy) is 1. The molecular weight excluding hydrogens is 326 g/mol. The topological polar surface area (TPSA) is 55.4 Å². The van der Waals surface area contributed by atoms with E-state index in [1.165, 1.54) is 51.4 Å². The Morgan fingerprint density at radius 2 is 1.42 bits per heavy atom. The molecule has 4 aliphatic carbocycles. The minimum atomic E-state index is -0.0846. The van der Waals surface area contributed by atoms with Crippen LogP contribution in [0.5, 0.6) is 5.75 Å². The quantitative estimate of drug-likeness (QED) is 0.645. The molecule has 4 atom stereocenters. The maximum Gasteiger partial charge on any atom is 0.314 e. The average Bonchev–Trinajstić information content (AvgIpc) is 3.54. The Morgan fingerprint density at radius 1 is 0.846 bits per heavy atom. The van der Waals surface area contributed by atoms with Gasteiger partial charge in [-0.1, -0.05) is 31.7 Å². The molecule has 0 aromatic heterocycles. The third-order valence-corrected chi connectivity index (χ3v) is 7.21. The van der Waals surface area contributed by atoms with Gasteiger partial charge in [0.05, 0.1) is 5.92 Å². The van der Waals surface area contributed by atoms with Gasteiger partial charge in [0.2, 0.25) is 5.91 Å². The Labute approximate surface area is 154 Å². The summed E-state index contributed by atoms with van der Waals surface area (Å²) in [7, 11) is 0. The van der Waals surface area contributed by atoms with Crippen LogP contribution in [0.4, 0.5) is 5.69 Å². The molecular formula is C22H27NO3. The molecule has 138 valence electrons. The van der Waals surface area contributed by atoms with Crippen LogP contribution in [0.1, 0.15) is 51.4 Å². The number of anilines is 1. The zero-order valence-electron chi connectivity index (χ0n) is 15.2. The van der Waals surface area contributed by atoms with E-state index in [1.807, 2.05) is 12.1 Å². The van der Waals surface area contributed by atoms with Crippen LogP contribution in [0.25, 0.3) is 0 Å². The molecule has 4 aliphatic rings. The standard InChI is InChI=1S/C22H27NO3/c24-21(19-15-8-1-2-9-16(15)19)23-13-6-5-7-14(12-13)26-22(25)20-17-10-3-4-11-18(17)20/h5-7,12,15-20H,1-4,8-11H2,(H,23,24). The van der Waals surface area contributed by atoms with Gasteiger partial charge in [-0.3, -0.25) is 9.59 Å². The van der Waals surface area contributed by atoms with Crippen LogP contribution in [-0.2, 0) is 9.59 Å². The van der Waals surface area contributed by atoms with Crippen LogP contribution in [0.3, 0.4) is 0 Å². The Kier molecular flexibility index (Phi) is 4.02. The number of esters is 1. The molecule has 0 radical (unpaired) electrons. The molecule has 5 rings (SSSR count). The lowest BCUT2D eigenvalue weighted by molar-refractivity contribution is -0.136. The first-order valence-corrected chi connectivity index (χ1v) is 10.3. The van der Waals surface area contributed by atoms with E-state index < -0.39 is 0 Å². The molecule has 4 fully saturated rings. The van der Waals surface area contributed by atoms with E-state index in [0.29, 0.717) is 29.4 Å². The lowest BCUT2D eigenvalue weighted by Crippen LogP contribution is -2.16. The van der Waals surface area contributed by atoms with Gasteiger partial charge in [0, 0.05) is 17.7 Å². The molecule has 0 bridgehead atoms. The van der Waals surface area contributed by atoms with Gasteiger partial charge >= 0.3 is 5.97 Å². The molecule has 1 amide bonds. The number of carbonyl (C=O) groups excluding carboxylic acids is 2. The molecule has 4 saturated carbocycles. The van der Waals surface area contributed by atoms with E-state index >= 15 is 0 Å². The van der Waals surface area contributed by atoms with E-state index in [2.05, 4.69) is 5.32 Å². The van der Waals surface area contributed by atoms with E-state index in [-0.39, 0.29) is 23.7 Å². The van der Waals surface area contributed by atoms with Crippen LogP contribution in [-0.4, -0.2) is 11.9 Å². The first-order chi connectivity index (χ1) is 12.7. The first-order valence-electron chi connectivity index (χ1n) is 10.3. The van der Waals surface area contributed by atoms with Crippen molar-refractivity contribution in [2.45, 2.75) is 51.4 Å². The minimum Gasteiger partial charge on any atom is -0.426 e. The number of benzene rings is 1. The second kappa shape index (κ2) is 6.40. The highest BCUT2D eigenvalue weighted by Crippen LogP contribution is 2.56. The number of hydrogen-bond acceptors (Lipinski definition) is 3. The second-order valence-electron chi connectivity index (χ2n) is 8.71. The van der Waals surface area contributed by atoms with Crippen molar-refractivity contribution in [2.75, 3.05) is 5.32 Å². The highest BCUT2D eigenvalue weighted by Gasteiger charge is 2.56. The Balaban J connectivity index is 1.19. The van der Waals surface area contributed by atoms with E-state index in [0.717, 1.165) is 5.69 Å². The van der Waals surface area contributed by atoms with Crippen LogP contribution in [0, 0.1) is 35.5 Å². The van der Waals surface area contributed by atoms with Crippen molar-refractivity contribution in [3.05, 3.63) is 24.3 Å². The van der Waals surface area contributed by atoms with Gasteiger partial charge in [0.1, 0.15) is 5.75 Å². The van der Waals surface area contributed by atoms with Crippen molar-refractivity contribution in [2.24, 2.45) is 35.5 Å². The van der Waals surface area contributed by atoms with Gasteiger partial charge in [-0.2, -0.15) is 0 Å². The summed E-state index contributed by atoms with van der Waals surface area (Å²) in [5.74, 6) is 3.20. The van der Waals surface area contributed by atoms with Gasteiger partial charge in [0.15, 0.2) is 0 Å². The zero-order chi connectivity index (χ0) is 17.7. The maximum atomic E-state index is 12.5. The largest absolute Gasteiger partial charge is 0.426 e. The predicted octanol–water partition coefficient (Wildman–Crippen LogP) is 4.40. The summed E-state index contributed by atoms with van der Waals surface area (Å²) >= 11 is 0. The van der Waals surface area contributed by atoms with Crippen molar-refractivity contribution in [3.63, 3.8) is 0 Å². The van der Waals surface area contributed by atoms with Gasteiger partial charge in [-0.25, -0.2) is 0 Å². The molecule has 4 unspecified atom stereocenters. The third-order valence-electron chi connectivity index (χ3n) is 7.21. The third kappa shape index (κ3) is 2.93. The molecule has 0 saturated heterocycles. The minimum absolute atomic E-state index is 0.0846. The van der Waals surface area contributed by atoms with Gasteiger partial charge in [-0.05, 0) is 61.5 Å². The first kappa shape index (κ1) is 16.3. The number of carbonyl (C=O) groups is 2. The van der Waals surface area contributed by atoms with Crippen molar-refractivity contribution in [3.8, 4) is 5.75 Å². The fourth-order valence-corrected chi connectivity index (χ4v) is 5.77. The summed E-state index contributed by atoms with van der Waals surface area (Å²) in [4.78, 5) is 25.0. The van der Waals surface area contributed by atoms with Gasteiger partial charge < -0.3 is 10.1 Å². The fraction of sp³-hybridized carbons (Fsp3) is 0.636. The van der Waals surface area contributed by atoms with Crippen molar-refractivity contribution in [1.29, 1.82) is 0 Å². The van der Waals surface area contributed by atoms with Gasteiger partial charge in [-0.15, -0.1) is 0 Å². The Hall–Kier alpha value is -1.84. The highest BCUT2D eigenvalue weighted by atomic mass is 16.5. The van der Waals surface area contributed by atoms with Crippen LogP contribution >= 0.6 is 0 Å². The van der Waals surface area contributed by atoms with Crippen LogP contribution in [0.2, 0.25) is 0 Å². The Morgan fingerprint density at radius 3 is 2.04 bits per heavy atom. The number of nitrogens with one attached hydrogen (secondary N) is 1. The normalized spacial score (nSPS) is 37.1. The maximum absolute atomic E-state index is 12.5. The molecule has 1 aromatic carbocycles. The highest BCUT2D eigenvalue weighted by molar-refractivity contribution is 5.95. The van der Waals surface area contributed by atoms with E-state index in [1.54, 1.807) is 12.1 Å². The smallest absolute Gasteiger partial charge is 0.314 e. The molecule has 1 aromatic rings. The second-order valence-corrected chi connectivity index (χ2v) is 8.71. The van der Waals surface area contributed by atoms with E-state index in [4.69, 9.17) is 4.74 Å². The summed E-state index contributed by atoms with van der Waals surface area (Å²) in [6, 6.07) is 7.31. The zero-order valence-corrected chi connectivity index (χ0v) is 15.2.